The summed E-state index contributed by atoms with van der Waals surface area (Å²) in [5.41, 5.74) is 6.21. The highest BCUT2D eigenvalue weighted by Gasteiger charge is 2.22. The van der Waals surface area contributed by atoms with Crippen molar-refractivity contribution in [2.24, 2.45) is 11.7 Å². The quantitative estimate of drug-likeness (QED) is 0.819. The summed E-state index contributed by atoms with van der Waals surface area (Å²) in [5.74, 6) is 0.617. The van der Waals surface area contributed by atoms with Crippen LogP contribution in [0.4, 0.5) is 0 Å². The fourth-order valence-corrected chi connectivity index (χ4v) is 3.10. The second-order valence-electron chi connectivity index (χ2n) is 3.76. The van der Waals surface area contributed by atoms with Gasteiger partial charge in [0.05, 0.1) is 4.34 Å². The van der Waals surface area contributed by atoms with Gasteiger partial charge in [0.15, 0.2) is 0 Å². The average molecular weight is 231 g/mol. The molecule has 1 fully saturated rings. The molecule has 3 N–H and O–H groups in total. The van der Waals surface area contributed by atoms with E-state index in [1.165, 1.54) is 17.7 Å². The summed E-state index contributed by atoms with van der Waals surface area (Å²) in [5, 5.41) is 3.35. The molecular formula is C10H15ClN2S. The molecule has 1 aromatic heterocycles. The molecule has 2 rings (SSSR count). The Kier molecular flexibility index (Phi) is 3.44. The Hall–Kier alpha value is -0.0900. The lowest BCUT2D eigenvalue weighted by molar-refractivity contribution is 0.325. The fourth-order valence-electron chi connectivity index (χ4n) is 1.94. The van der Waals surface area contributed by atoms with Crippen LogP contribution in [-0.4, -0.2) is 13.1 Å². The largest absolute Gasteiger partial charge is 0.323 e. The smallest absolute Gasteiger partial charge is 0.0931 e. The minimum Gasteiger partial charge on any atom is -0.323 e. The Morgan fingerprint density at radius 3 is 2.71 bits per heavy atom. The molecule has 0 unspecified atom stereocenters. The predicted molar refractivity (Wildman–Crippen MR) is 61.9 cm³/mol. The van der Waals surface area contributed by atoms with Crippen LogP contribution in [0.3, 0.4) is 0 Å². The van der Waals surface area contributed by atoms with Crippen LogP contribution in [0.1, 0.15) is 23.8 Å². The lowest BCUT2D eigenvalue weighted by Crippen LogP contribution is -2.33. The highest BCUT2D eigenvalue weighted by atomic mass is 35.5. The van der Waals surface area contributed by atoms with Gasteiger partial charge in [-0.05, 0) is 44.0 Å². The summed E-state index contributed by atoms with van der Waals surface area (Å²) in [6.45, 7) is 2.19. The molecule has 1 atom stereocenters. The first kappa shape index (κ1) is 10.4. The maximum Gasteiger partial charge on any atom is 0.0931 e. The second kappa shape index (κ2) is 4.62. The monoisotopic (exact) mass is 230 g/mol. The van der Waals surface area contributed by atoms with Gasteiger partial charge in [0, 0.05) is 10.9 Å². The van der Waals surface area contributed by atoms with Crippen LogP contribution < -0.4 is 11.1 Å². The topological polar surface area (TPSA) is 38.0 Å². The third-order valence-electron chi connectivity index (χ3n) is 2.81. The minimum atomic E-state index is 0.176. The van der Waals surface area contributed by atoms with Gasteiger partial charge in [0.1, 0.15) is 0 Å². The molecule has 1 aliphatic rings. The molecule has 1 saturated heterocycles. The summed E-state index contributed by atoms with van der Waals surface area (Å²) in [7, 11) is 0. The Labute approximate surface area is 93.4 Å². The normalized spacial score (nSPS) is 21.0. The maximum atomic E-state index is 6.21. The molecule has 0 aliphatic carbocycles. The number of nitrogens with two attached hydrogens (primary N) is 1. The van der Waals surface area contributed by atoms with Gasteiger partial charge in [-0.15, -0.1) is 11.3 Å². The van der Waals surface area contributed by atoms with Gasteiger partial charge in [-0.1, -0.05) is 11.6 Å². The predicted octanol–water partition coefficient (Wildman–Crippen LogP) is 2.40. The van der Waals surface area contributed by atoms with Crippen molar-refractivity contribution >= 4 is 22.9 Å². The molecule has 1 aliphatic heterocycles. The minimum absolute atomic E-state index is 0.176. The van der Waals surface area contributed by atoms with Crippen LogP contribution in [0.2, 0.25) is 4.34 Å². The first-order valence-corrected chi connectivity index (χ1v) is 6.18. The summed E-state index contributed by atoms with van der Waals surface area (Å²) in [4.78, 5) is 1.22. The number of nitrogens with one attached hydrogen (secondary N) is 1. The van der Waals surface area contributed by atoms with E-state index in [1.807, 2.05) is 6.07 Å². The molecule has 0 saturated carbocycles. The van der Waals surface area contributed by atoms with Gasteiger partial charge >= 0.3 is 0 Å². The van der Waals surface area contributed by atoms with E-state index in [-0.39, 0.29) is 6.04 Å². The second-order valence-corrected chi connectivity index (χ2v) is 5.50. The van der Waals surface area contributed by atoms with E-state index in [4.69, 9.17) is 17.3 Å². The SMILES string of the molecule is N[C@@H](c1ccc(Cl)s1)C1CCNCC1. The van der Waals surface area contributed by atoms with Crippen molar-refractivity contribution in [3.8, 4) is 0 Å². The van der Waals surface area contributed by atoms with Crippen molar-refractivity contribution < 1.29 is 0 Å². The molecule has 0 aromatic carbocycles. The van der Waals surface area contributed by atoms with Crippen molar-refractivity contribution in [3.05, 3.63) is 21.3 Å². The summed E-state index contributed by atoms with van der Waals surface area (Å²) in [6.07, 6.45) is 2.35. The van der Waals surface area contributed by atoms with E-state index in [9.17, 15) is 0 Å². The van der Waals surface area contributed by atoms with E-state index in [2.05, 4.69) is 11.4 Å². The highest BCUT2D eigenvalue weighted by Crippen LogP contribution is 2.32. The van der Waals surface area contributed by atoms with Crippen LogP contribution in [0.5, 0.6) is 0 Å². The van der Waals surface area contributed by atoms with Crippen LogP contribution in [-0.2, 0) is 0 Å². The van der Waals surface area contributed by atoms with Crippen molar-refractivity contribution in [2.75, 3.05) is 13.1 Å². The number of halogens is 1. The molecule has 78 valence electrons. The molecule has 0 spiro atoms. The van der Waals surface area contributed by atoms with E-state index >= 15 is 0 Å². The van der Waals surface area contributed by atoms with Gasteiger partial charge in [0.25, 0.3) is 0 Å². The molecule has 0 radical (unpaired) electrons. The Bertz CT molecular complexity index is 294. The van der Waals surface area contributed by atoms with Gasteiger partial charge < -0.3 is 11.1 Å². The van der Waals surface area contributed by atoms with Crippen LogP contribution in [0, 0.1) is 5.92 Å². The van der Waals surface area contributed by atoms with Gasteiger partial charge in [-0.3, -0.25) is 0 Å². The summed E-state index contributed by atoms with van der Waals surface area (Å²) in [6, 6.07) is 4.16. The van der Waals surface area contributed by atoms with Crippen LogP contribution in [0.25, 0.3) is 0 Å². The zero-order valence-corrected chi connectivity index (χ0v) is 9.57. The van der Waals surface area contributed by atoms with Gasteiger partial charge in [0.2, 0.25) is 0 Å². The van der Waals surface area contributed by atoms with E-state index < -0.39 is 0 Å². The lowest BCUT2D eigenvalue weighted by Gasteiger charge is -2.27. The zero-order chi connectivity index (χ0) is 9.97. The standard InChI is InChI=1S/C10H15ClN2S/c11-9-2-1-8(14-9)10(12)7-3-5-13-6-4-7/h1-2,7,10,13H,3-6,12H2/t10-/m1/s1. The first-order chi connectivity index (χ1) is 6.77. The Morgan fingerprint density at radius 1 is 1.43 bits per heavy atom. The molecule has 14 heavy (non-hydrogen) atoms. The van der Waals surface area contributed by atoms with Crippen LogP contribution >= 0.6 is 22.9 Å². The van der Waals surface area contributed by atoms with Crippen molar-refractivity contribution in [1.82, 2.24) is 5.32 Å². The Morgan fingerprint density at radius 2 is 2.14 bits per heavy atom. The first-order valence-electron chi connectivity index (χ1n) is 4.99. The summed E-state index contributed by atoms with van der Waals surface area (Å²) < 4.78 is 0.837. The molecule has 1 aromatic rings. The number of piperidine rings is 1. The molecular weight excluding hydrogens is 216 g/mol. The fraction of sp³-hybridized carbons (Fsp3) is 0.600. The maximum absolute atomic E-state index is 6.21. The van der Waals surface area contributed by atoms with Crippen molar-refractivity contribution in [1.29, 1.82) is 0 Å². The molecule has 2 heterocycles. The summed E-state index contributed by atoms with van der Waals surface area (Å²) >= 11 is 7.50. The van der Waals surface area contributed by atoms with E-state index in [1.54, 1.807) is 11.3 Å². The number of hydrogen-bond acceptors (Lipinski definition) is 3. The number of hydrogen-bond donors (Lipinski definition) is 2. The lowest BCUT2D eigenvalue weighted by atomic mass is 9.90. The molecule has 2 nitrogen and oxygen atoms in total. The van der Waals surface area contributed by atoms with Crippen molar-refractivity contribution in [3.63, 3.8) is 0 Å². The van der Waals surface area contributed by atoms with Crippen molar-refractivity contribution in [2.45, 2.75) is 18.9 Å². The average Bonchev–Trinajstić information content (AvgIpc) is 2.65. The van der Waals surface area contributed by atoms with E-state index in [0.717, 1.165) is 17.4 Å². The number of rotatable bonds is 2. The number of thiophene rings is 1. The highest BCUT2D eigenvalue weighted by molar-refractivity contribution is 7.16. The Balaban J connectivity index is 2.03. The van der Waals surface area contributed by atoms with Gasteiger partial charge in [-0.25, -0.2) is 0 Å². The zero-order valence-electron chi connectivity index (χ0n) is 8.00. The third kappa shape index (κ3) is 2.28. The van der Waals surface area contributed by atoms with Crippen LogP contribution in [0.15, 0.2) is 12.1 Å². The molecule has 0 amide bonds. The molecule has 0 bridgehead atoms. The van der Waals surface area contributed by atoms with Gasteiger partial charge in [-0.2, -0.15) is 0 Å². The third-order valence-corrected chi connectivity index (χ3v) is 4.15. The molecule has 4 heteroatoms. The van der Waals surface area contributed by atoms with E-state index in [0.29, 0.717) is 5.92 Å².